The van der Waals surface area contributed by atoms with Crippen LogP contribution < -0.4 is 15.4 Å². The Kier molecular flexibility index (Phi) is 6.15. The van der Waals surface area contributed by atoms with Gasteiger partial charge in [0, 0.05) is 22.4 Å². The van der Waals surface area contributed by atoms with E-state index in [-0.39, 0.29) is 23.6 Å². The molecule has 2 aromatic carbocycles. The zero-order chi connectivity index (χ0) is 22.7. The second kappa shape index (κ2) is 9.01. The molecule has 0 saturated heterocycles. The molecule has 0 spiro atoms. The molecule has 3 aromatic rings. The van der Waals surface area contributed by atoms with Gasteiger partial charge in [0.25, 0.3) is 11.8 Å². The number of benzene rings is 2. The van der Waals surface area contributed by atoms with Crippen molar-refractivity contribution in [1.29, 1.82) is 0 Å². The highest BCUT2D eigenvalue weighted by molar-refractivity contribution is 7.10. The smallest absolute Gasteiger partial charge is 0.268 e. The molecular weight excluding hydrogens is 420 g/mol. The number of hydrogen-bond donors (Lipinski definition) is 2. The van der Waals surface area contributed by atoms with Crippen molar-refractivity contribution in [2.45, 2.75) is 38.8 Å². The van der Waals surface area contributed by atoms with E-state index in [4.69, 9.17) is 4.74 Å². The van der Waals surface area contributed by atoms with E-state index in [9.17, 15) is 9.59 Å². The van der Waals surface area contributed by atoms with Gasteiger partial charge in [-0.05, 0) is 56.5 Å². The van der Waals surface area contributed by atoms with Gasteiger partial charge in [0.15, 0.2) is 0 Å². The molecule has 32 heavy (non-hydrogen) atoms. The molecule has 2 N–H and O–H groups in total. The van der Waals surface area contributed by atoms with Gasteiger partial charge in [-0.1, -0.05) is 42.0 Å². The van der Waals surface area contributed by atoms with Crippen molar-refractivity contribution in [2.75, 3.05) is 0 Å². The first-order chi connectivity index (χ1) is 15.3. The molecule has 1 aromatic heterocycles. The fourth-order valence-corrected chi connectivity index (χ4v) is 4.40. The lowest BCUT2D eigenvalue weighted by molar-refractivity contribution is -0.119. The van der Waals surface area contributed by atoms with Crippen molar-refractivity contribution in [2.24, 2.45) is 0 Å². The third kappa shape index (κ3) is 5.08. The predicted octanol–water partition coefficient (Wildman–Crippen LogP) is 5.25. The largest absolute Gasteiger partial charge is 0.487 e. The Morgan fingerprint density at radius 3 is 2.53 bits per heavy atom. The lowest BCUT2D eigenvalue weighted by Crippen LogP contribution is -2.43. The average Bonchev–Trinajstić information content (AvgIpc) is 3.26. The molecule has 4 rings (SSSR count). The minimum atomic E-state index is -0.422. The predicted molar refractivity (Wildman–Crippen MR) is 128 cm³/mol. The lowest BCUT2D eigenvalue weighted by atomic mass is 9.89. The monoisotopic (exact) mass is 446 g/mol. The SMILES string of the molecule is Cc1ccc(C(=O)N/C(=C\c2cccs2)C(=O)NC2CC(C)(C)Oc3ccccc32)cc1. The minimum Gasteiger partial charge on any atom is -0.487 e. The molecule has 1 aliphatic heterocycles. The Morgan fingerprint density at radius 1 is 1.06 bits per heavy atom. The van der Waals surface area contributed by atoms with E-state index in [1.54, 1.807) is 18.2 Å². The van der Waals surface area contributed by atoms with Crippen molar-refractivity contribution in [1.82, 2.24) is 10.6 Å². The molecule has 5 nitrogen and oxygen atoms in total. The van der Waals surface area contributed by atoms with Crippen LogP contribution in [0.1, 0.15) is 52.7 Å². The Hall–Kier alpha value is -3.38. The van der Waals surface area contributed by atoms with Gasteiger partial charge in [0.1, 0.15) is 17.0 Å². The lowest BCUT2D eigenvalue weighted by Gasteiger charge is -2.38. The van der Waals surface area contributed by atoms with Gasteiger partial charge in [0.2, 0.25) is 0 Å². The number of para-hydroxylation sites is 1. The van der Waals surface area contributed by atoms with Crippen LogP contribution in [-0.2, 0) is 4.79 Å². The molecule has 0 bridgehead atoms. The van der Waals surface area contributed by atoms with Crippen LogP contribution in [0.25, 0.3) is 6.08 Å². The molecule has 0 saturated carbocycles. The van der Waals surface area contributed by atoms with Crippen LogP contribution in [0.2, 0.25) is 0 Å². The van der Waals surface area contributed by atoms with E-state index >= 15 is 0 Å². The van der Waals surface area contributed by atoms with Crippen LogP contribution in [0.5, 0.6) is 5.75 Å². The third-order valence-corrected chi connectivity index (χ3v) is 6.14. The molecular formula is C26H26N2O3S. The quantitative estimate of drug-likeness (QED) is 0.526. The summed E-state index contributed by atoms with van der Waals surface area (Å²) in [5.41, 5.74) is 2.28. The number of carbonyl (C=O) groups excluding carboxylic acids is 2. The number of thiophene rings is 1. The van der Waals surface area contributed by atoms with E-state index in [0.29, 0.717) is 12.0 Å². The van der Waals surface area contributed by atoms with Crippen molar-refractivity contribution < 1.29 is 14.3 Å². The summed E-state index contributed by atoms with van der Waals surface area (Å²) >= 11 is 1.50. The first-order valence-corrected chi connectivity index (χ1v) is 11.4. The summed E-state index contributed by atoms with van der Waals surface area (Å²) in [4.78, 5) is 27.1. The van der Waals surface area contributed by atoms with Crippen molar-refractivity contribution >= 4 is 29.2 Å². The van der Waals surface area contributed by atoms with Crippen LogP contribution in [0, 0.1) is 6.92 Å². The Labute approximate surface area is 192 Å². The number of rotatable bonds is 5. The van der Waals surface area contributed by atoms with Crippen molar-refractivity contribution in [3.63, 3.8) is 0 Å². The van der Waals surface area contributed by atoms with E-state index < -0.39 is 5.60 Å². The Bertz CT molecular complexity index is 1150. The summed E-state index contributed by atoms with van der Waals surface area (Å²) in [5, 5.41) is 7.85. The fraction of sp³-hybridized carbons (Fsp3) is 0.231. The highest BCUT2D eigenvalue weighted by Gasteiger charge is 2.34. The van der Waals surface area contributed by atoms with Crippen LogP contribution in [-0.4, -0.2) is 17.4 Å². The molecule has 1 aliphatic rings. The van der Waals surface area contributed by atoms with Gasteiger partial charge < -0.3 is 15.4 Å². The molecule has 0 fully saturated rings. The van der Waals surface area contributed by atoms with E-state index in [1.807, 2.05) is 74.7 Å². The van der Waals surface area contributed by atoms with Crippen LogP contribution in [0.4, 0.5) is 0 Å². The first-order valence-electron chi connectivity index (χ1n) is 10.5. The first kappa shape index (κ1) is 21.8. The Balaban J connectivity index is 1.60. The zero-order valence-corrected chi connectivity index (χ0v) is 19.2. The molecule has 1 atom stereocenters. The molecule has 2 amide bonds. The minimum absolute atomic E-state index is 0.208. The van der Waals surface area contributed by atoms with Gasteiger partial charge >= 0.3 is 0 Å². The van der Waals surface area contributed by atoms with Gasteiger partial charge in [-0.2, -0.15) is 0 Å². The number of hydrogen-bond acceptors (Lipinski definition) is 4. The summed E-state index contributed by atoms with van der Waals surface area (Å²) in [6, 6.07) is 18.6. The molecule has 6 heteroatoms. The van der Waals surface area contributed by atoms with E-state index in [0.717, 1.165) is 21.8 Å². The van der Waals surface area contributed by atoms with E-state index in [1.165, 1.54) is 11.3 Å². The third-order valence-electron chi connectivity index (χ3n) is 5.32. The van der Waals surface area contributed by atoms with Gasteiger partial charge in [-0.15, -0.1) is 11.3 Å². The maximum Gasteiger partial charge on any atom is 0.268 e. The fourth-order valence-electron chi connectivity index (χ4n) is 3.74. The zero-order valence-electron chi connectivity index (χ0n) is 18.3. The standard InChI is InChI=1S/C26H26N2O3S/c1-17-10-12-18(13-11-17)24(29)27-21(15-19-7-6-14-32-19)25(30)28-22-16-26(2,3)31-23-9-5-4-8-20(22)23/h4-15,22H,16H2,1-3H3,(H,27,29)(H,28,30)/b21-15-. The molecule has 0 aliphatic carbocycles. The number of carbonyl (C=O) groups is 2. The molecule has 1 unspecified atom stereocenters. The topological polar surface area (TPSA) is 67.4 Å². The number of nitrogens with one attached hydrogen (secondary N) is 2. The summed E-state index contributed by atoms with van der Waals surface area (Å²) in [6.45, 7) is 5.97. The van der Waals surface area contributed by atoms with E-state index in [2.05, 4.69) is 10.6 Å². The van der Waals surface area contributed by atoms with Gasteiger partial charge in [-0.25, -0.2) is 0 Å². The maximum absolute atomic E-state index is 13.3. The average molecular weight is 447 g/mol. The maximum atomic E-state index is 13.3. The summed E-state index contributed by atoms with van der Waals surface area (Å²) in [5.74, 6) is 0.105. The summed E-state index contributed by atoms with van der Waals surface area (Å²) in [7, 11) is 0. The summed E-state index contributed by atoms with van der Waals surface area (Å²) in [6.07, 6.45) is 2.33. The van der Waals surface area contributed by atoms with Gasteiger partial charge in [-0.3, -0.25) is 9.59 Å². The van der Waals surface area contributed by atoms with Crippen LogP contribution in [0.15, 0.2) is 71.7 Å². The van der Waals surface area contributed by atoms with Crippen molar-refractivity contribution in [3.8, 4) is 5.75 Å². The normalized spacial score (nSPS) is 17.1. The molecule has 164 valence electrons. The second-order valence-corrected chi connectivity index (χ2v) is 9.50. The highest BCUT2D eigenvalue weighted by atomic mass is 32.1. The second-order valence-electron chi connectivity index (χ2n) is 8.52. The van der Waals surface area contributed by atoms with Crippen LogP contribution >= 0.6 is 11.3 Å². The molecule has 2 heterocycles. The van der Waals surface area contributed by atoms with Crippen molar-refractivity contribution in [3.05, 3.63) is 93.3 Å². The highest BCUT2D eigenvalue weighted by Crippen LogP contribution is 2.39. The number of fused-ring (bicyclic) bond motifs is 1. The number of ether oxygens (including phenoxy) is 1. The molecule has 0 radical (unpaired) electrons. The van der Waals surface area contributed by atoms with Gasteiger partial charge in [0.05, 0.1) is 6.04 Å². The Morgan fingerprint density at radius 2 is 1.81 bits per heavy atom. The number of aryl methyl sites for hydroxylation is 1. The number of amides is 2. The summed E-state index contributed by atoms with van der Waals surface area (Å²) < 4.78 is 6.07. The van der Waals surface area contributed by atoms with Crippen LogP contribution in [0.3, 0.4) is 0 Å².